The zero-order valence-corrected chi connectivity index (χ0v) is 19.8. The SMILES string of the molecule is Cc1ccc(C23C4([Si](C)(C)C)C2([Si](C)(C)C)C34[Si](C)(C)C)cc1. The summed E-state index contributed by atoms with van der Waals surface area (Å²) in [6.07, 6.45) is 0. The Bertz CT molecular complexity index is 637. The molecule has 0 aromatic heterocycles. The molecule has 1 aromatic rings. The summed E-state index contributed by atoms with van der Waals surface area (Å²) < 4.78 is 0. The van der Waals surface area contributed by atoms with Crippen LogP contribution in [0.3, 0.4) is 0 Å². The van der Waals surface area contributed by atoms with Crippen molar-refractivity contribution in [1.82, 2.24) is 0 Å². The Morgan fingerprint density at radius 3 is 1.13 bits per heavy atom. The maximum atomic E-state index is 2.67. The molecular formula is C20H34Si3. The Labute approximate surface area is 146 Å². The van der Waals surface area contributed by atoms with Gasteiger partial charge in [-0.25, -0.2) is 0 Å². The molecule has 4 saturated carbocycles. The molecule has 0 bridgehead atoms. The molecule has 0 heterocycles. The fraction of sp³-hybridized carbons (Fsp3) is 0.700. The fourth-order valence-electron chi connectivity index (χ4n) is 8.58. The second-order valence-electron chi connectivity index (χ2n) is 11.6. The molecule has 4 fully saturated rings. The van der Waals surface area contributed by atoms with Crippen LogP contribution in [0.25, 0.3) is 0 Å². The molecule has 4 aliphatic rings. The van der Waals surface area contributed by atoms with E-state index in [0.717, 1.165) is 15.1 Å². The van der Waals surface area contributed by atoms with Crippen LogP contribution in [0.4, 0.5) is 0 Å². The first-order chi connectivity index (χ1) is 10.2. The normalized spacial score (nSPS) is 43.9. The number of aryl methyl sites for hydroxylation is 1. The van der Waals surface area contributed by atoms with Gasteiger partial charge in [0.2, 0.25) is 0 Å². The summed E-state index contributed by atoms with van der Waals surface area (Å²) >= 11 is 0. The van der Waals surface area contributed by atoms with Crippen molar-refractivity contribution in [3.8, 4) is 0 Å². The monoisotopic (exact) mass is 358 g/mol. The number of benzene rings is 1. The largest absolute Gasteiger partial charge is 0.0691 e. The molecule has 0 radical (unpaired) electrons. The first-order valence-corrected chi connectivity index (χ1v) is 19.8. The summed E-state index contributed by atoms with van der Waals surface area (Å²) in [5, 5.41) is 2.26. The summed E-state index contributed by atoms with van der Waals surface area (Å²) in [5.74, 6) is 0. The van der Waals surface area contributed by atoms with Crippen LogP contribution in [-0.4, -0.2) is 24.2 Å². The molecule has 23 heavy (non-hydrogen) atoms. The molecule has 126 valence electrons. The summed E-state index contributed by atoms with van der Waals surface area (Å²) in [4.78, 5) is 0. The van der Waals surface area contributed by atoms with E-state index in [0.29, 0.717) is 5.41 Å². The molecule has 0 atom stereocenters. The highest BCUT2D eigenvalue weighted by atomic mass is 28.3. The minimum absolute atomic E-state index is 0.611. The second-order valence-corrected chi connectivity index (χ2v) is 27.4. The third-order valence-corrected chi connectivity index (χ3v) is 18.9. The van der Waals surface area contributed by atoms with Gasteiger partial charge in [0.1, 0.15) is 0 Å². The minimum Gasteiger partial charge on any atom is -0.0691 e. The van der Waals surface area contributed by atoms with Gasteiger partial charge in [-0.1, -0.05) is 88.8 Å². The van der Waals surface area contributed by atoms with E-state index in [2.05, 4.69) is 90.1 Å². The molecule has 0 spiro atoms. The summed E-state index contributed by atoms with van der Waals surface area (Å²) in [5.41, 5.74) is 3.74. The Kier molecular flexibility index (Phi) is 2.52. The number of hydrogen-bond acceptors (Lipinski definition) is 0. The average Bonchev–Trinajstić information content (AvgIpc) is 3.20. The van der Waals surface area contributed by atoms with Gasteiger partial charge in [-0.15, -0.1) is 0 Å². The Morgan fingerprint density at radius 2 is 0.870 bits per heavy atom. The second kappa shape index (κ2) is 3.54. The van der Waals surface area contributed by atoms with Gasteiger partial charge in [0.05, 0.1) is 24.2 Å². The Balaban J connectivity index is 1.97. The summed E-state index contributed by atoms with van der Waals surface area (Å²) in [6.45, 7) is 26.3. The van der Waals surface area contributed by atoms with Crippen LogP contribution in [0.2, 0.25) is 74.0 Å². The molecule has 0 unspecified atom stereocenters. The minimum atomic E-state index is -1.20. The van der Waals surface area contributed by atoms with E-state index in [9.17, 15) is 0 Å². The predicted octanol–water partition coefficient (Wildman–Crippen LogP) is 6.51. The highest BCUT2D eigenvalue weighted by Gasteiger charge is 3.38. The molecule has 0 amide bonds. The summed E-state index contributed by atoms with van der Waals surface area (Å²) in [6, 6.07) is 9.73. The van der Waals surface area contributed by atoms with E-state index in [-0.39, 0.29) is 0 Å². The van der Waals surface area contributed by atoms with E-state index < -0.39 is 24.2 Å². The van der Waals surface area contributed by atoms with Crippen molar-refractivity contribution in [2.24, 2.45) is 0 Å². The van der Waals surface area contributed by atoms with Crippen LogP contribution in [0.1, 0.15) is 11.1 Å². The third kappa shape index (κ3) is 1.09. The Morgan fingerprint density at radius 1 is 0.565 bits per heavy atom. The van der Waals surface area contributed by atoms with E-state index in [4.69, 9.17) is 0 Å². The van der Waals surface area contributed by atoms with E-state index >= 15 is 0 Å². The molecule has 3 heteroatoms. The van der Waals surface area contributed by atoms with Gasteiger partial charge < -0.3 is 0 Å². The zero-order chi connectivity index (χ0) is 17.5. The van der Waals surface area contributed by atoms with Crippen LogP contribution in [-0.2, 0) is 5.41 Å². The predicted molar refractivity (Wildman–Crippen MR) is 111 cm³/mol. The molecule has 0 nitrogen and oxygen atoms in total. The van der Waals surface area contributed by atoms with Gasteiger partial charge in [-0.3, -0.25) is 0 Å². The highest BCUT2D eigenvalue weighted by molar-refractivity contribution is 7.06. The first-order valence-electron chi connectivity index (χ1n) is 9.32. The smallest absolute Gasteiger partial charge is 0.0525 e. The van der Waals surface area contributed by atoms with Crippen molar-refractivity contribution in [2.75, 3.05) is 0 Å². The molecule has 0 saturated heterocycles. The highest BCUT2D eigenvalue weighted by Crippen LogP contribution is 3.49. The molecule has 0 N–H and O–H groups in total. The standard InChI is InChI=1S/C20H34Si3/c1-15-11-13-16(14-12-15)17-18(21(2,3)4)19(17,22(5,6)7)20(17,18)23(8,9)10/h11-14H,1-10H3. The zero-order valence-electron chi connectivity index (χ0n) is 16.8. The quantitative estimate of drug-likeness (QED) is 0.538. The maximum absolute atomic E-state index is 2.67. The van der Waals surface area contributed by atoms with E-state index in [1.807, 2.05) is 0 Å². The molecule has 5 rings (SSSR count). The Hall–Kier alpha value is -0.129. The van der Waals surface area contributed by atoms with Gasteiger partial charge in [0, 0.05) is 5.41 Å². The first kappa shape index (κ1) is 16.3. The lowest BCUT2D eigenvalue weighted by Gasteiger charge is -2.20. The molecular weight excluding hydrogens is 324 g/mol. The van der Waals surface area contributed by atoms with Crippen molar-refractivity contribution in [3.63, 3.8) is 0 Å². The van der Waals surface area contributed by atoms with E-state index in [1.54, 1.807) is 5.56 Å². The van der Waals surface area contributed by atoms with Crippen LogP contribution in [0, 0.1) is 6.92 Å². The lowest BCUT2D eigenvalue weighted by atomic mass is 10.1. The van der Waals surface area contributed by atoms with Crippen molar-refractivity contribution in [3.05, 3.63) is 35.4 Å². The van der Waals surface area contributed by atoms with Crippen LogP contribution in [0.15, 0.2) is 24.3 Å². The maximum Gasteiger partial charge on any atom is 0.0525 e. The van der Waals surface area contributed by atoms with Gasteiger partial charge in [-0.2, -0.15) is 0 Å². The lowest BCUT2D eigenvalue weighted by molar-refractivity contribution is 1.07. The average molecular weight is 359 g/mol. The van der Waals surface area contributed by atoms with Crippen molar-refractivity contribution in [2.45, 2.75) is 86.4 Å². The van der Waals surface area contributed by atoms with Gasteiger partial charge in [0.15, 0.2) is 0 Å². The topological polar surface area (TPSA) is 0 Å². The molecule has 4 aliphatic carbocycles. The van der Waals surface area contributed by atoms with Gasteiger partial charge >= 0.3 is 0 Å². The van der Waals surface area contributed by atoms with Crippen molar-refractivity contribution in [1.29, 1.82) is 0 Å². The summed E-state index contributed by atoms with van der Waals surface area (Å²) in [7, 11) is -3.60. The van der Waals surface area contributed by atoms with Crippen LogP contribution < -0.4 is 0 Å². The van der Waals surface area contributed by atoms with Crippen molar-refractivity contribution >= 4 is 24.2 Å². The fourth-order valence-corrected chi connectivity index (χ4v) is 29.4. The van der Waals surface area contributed by atoms with Gasteiger partial charge in [-0.05, 0) is 27.6 Å². The van der Waals surface area contributed by atoms with Crippen LogP contribution in [0.5, 0.6) is 0 Å². The van der Waals surface area contributed by atoms with Crippen LogP contribution >= 0.6 is 0 Å². The molecule has 1 aromatic carbocycles. The lowest BCUT2D eigenvalue weighted by Crippen LogP contribution is -2.26. The van der Waals surface area contributed by atoms with Crippen molar-refractivity contribution < 1.29 is 0 Å². The number of hydrogen-bond donors (Lipinski definition) is 0. The van der Waals surface area contributed by atoms with Gasteiger partial charge in [0.25, 0.3) is 0 Å². The third-order valence-electron chi connectivity index (χ3n) is 7.98. The molecule has 0 aliphatic heterocycles. The number of rotatable bonds is 4. The van der Waals surface area contributed by atoms with E-state index in [1.165, 1.54) is 5.56 Å².